The molecule has 3 N–H and O–H groups in total. The maximum absolute atomic E-state index is 12.5. The van der Waals surface area contributed by atoms with E-state index in [1.165, 1.54) is 70.6 Å². The largest absolute Gasteiger partial charge is 0.387 e. The summed E-state index contributed by atoms with van der Waals surface area (Å²) >= 11 is 0. The molecule has 0 aliphatic heterocycles. The monoisotopic (exact) mass is 678 g/mol. The van der Waals surface area contributed by atoms with Gasteiger partial charge in [0.15, 0.2) is 0 Å². The van der Waals surface area contributed by atoms with Crippen molar-refractivity contribution in [3.63, 3.8) is 0 Å². The Kier molecular flexibility index (Phi) is 32.5. The van der Waals surface area contributed by atoms with Crippen molar-refractivity contribution in [1.29, 1.82) is 0 Å². The third kappa shape index (κ3) is 35.2. The third-order valence-electron chi connectivity index (χ3n) is 8.20. The maximum Gasteiger partial charge on any atom is 0.267 e. The number of rotatable bonds is 33. The lowest BCUT2D eigenvalue weighted by molar-refractivity contribution is -0.122. The molecule has 0 aromatic heterocycles. The van der Waals surface area contributed by atoms with Gasteiger partial charge in [-0.15, -0.1) is 0 Å². The van der Waals surface area contributed by atoms with Gasteiger partial charge in [0.2, 0.25) is 5.91 Å². The second-order valence-electron chi connectivity index (χ2n) is 12.8. The Labute approximate surface area is 290 Å². The van der Waals surface area contributed by atoms with E-state index >= 15 is 0 Å². The number of nitrogens with one attached hydrogen (secondary N) is 1. The molecular weight excluding hydrogens is 607 g/mol. The van der Waals surface area contributed by atoms with Crippen molar-refractivity contribution in [2.24, 2.45) is 0 Å². The first-order chi connectivity index (χ1) is 22.8. The summed E-state index contributed by atoms with van der Waals surface area (Å²) in [5.41, 5.74) is 0. The Bertz CT molecular complexity index is 967. The number of hydrogen-bond donors (Lipinski definition) is 3. The first kappa shape index (κ1) is 45.0. The van der Waals surface area contributed by atoms with Crippen molar-refractivity contribution >= 4 is 16.0 Å². The van der Waals surface area contributed by atoms with Crippen LogP contribution in [0.25, 0.3) is 0 Å². The van der Waals surface area contributed by atoms with Gasteiger partial charge in [0.1, 0.15) is 0 Å². The molecule has 0 fully saturated rings. The molecule has 47 heavy (non-hydrogen) atoms. The molecule has 0 spiro atoms. The van der Waals surface area contributed by atoms with E-state index in [1.807, 2.05) is 6.08 Å². The molecule has 0 heterocycles. The molecule has 2 unspecified atom stereocenters. The van der Waals surface area contributed by atoms with Crippen LogP contribution in [0.5, 0.6) is 0 Å². The van der Waals surface area contributed by atoms with Crippen molar-refractivity contribution in [3.05, 3.63) is 60.8 Å². The van der Waals surface area contributed by atoms with Crippen LogP contribution >= 0.6 is 0 Å². The highest BCUT2D eigenvalue weighted by Crippen LogP contribution is 2.13. The molecular formula is C40H71NO5S. The van der Waals surface area contributed by atoms with Crippen molar-refractivity contribution in [2.75, 3.05) is 5.75 Å². The van der Waals surface area contributed by atoms with Gasteiger partial charge in [-0.05, 0) is 57.8 Å². The Morgan fingerprint density at radius 1 is 0.596 bits per heavy atom. The molecule has 6 nitrogen and oxygen atoms in total. The number of unbranched alkanes of at least 4 members (excludes halogenated alkanes) is 17. The molecule has 0 bridgehead atoms. The molecule has 7 heteroatoms. The summed E-state index contributed by atoms with van der Waals surface area (Å²) in [5.74, 6) is -1.01. The van der Waals surface area contributed by atoms with Gasteiger partial charge in [-0.25, -0.2) is 0 Å². The van der Waals surface area contributed by atoms with Gasteiger partial charge in [-0.3, -0.25) is 9.35 Å². The third-order valence-corrected chi connectivity index (χ3v) is 8.98. The summed E-state index contributed by atoms with van der Waals surface area (Å²) in [6, 6.07) is -1.07. The Morgan fingerprint density at radius 3 is 1.51 bits per heavy atom. The van der Waals surface area contributed by atoms with E-state index in [1.54, 1.807) is 6.08 Å². The fourth-order valence-corrected chi connectivity index (χ4v) is 6.11. The van der Waals surface area contributed by atoms with Crippen LogP contribution in [0, 0.1) is 0 Å². The molecule has 272 valence electrons. The molecule has 0 aliphatic rings. The lowest BCUT2D eigenvalue weighted by Crippen LogP contribution is -2.46. The molecule has 0 aromatic carbocycles. The number of amides is 1. The fraction of sp³-hybridized carbons (Fsp3) is 0.725. The molecule has 1 amide bonds. The van der Waals surface area contributed by atoms with Crippen molar-refractivity contribution in [3.8, 4) is 0 Å². The number of aliphatic hydroxyl groups excluding tert-OH is 1. The van der Waals surface area contributed by atoms with Crippen molar-refractivity contribution in [2.45, 2.75) is 180 Å². The molecule has 0 radical (unpaired) electrons. The van der Waals surface area contributed by atoms with Crippen LogP contribution in [0.4, 0.5) is 0 Å². The summed E-state index contributed by atoms with van der Waals surface area (Å²) in [4.78, 5) is 12.5. The minimum atomic E-state index is -4.35. The van der Waals surface area contributed by atoms with E-state index in [0.717, 1.165) is 70.6 Å². The van der Waals surface area contributed by atoms with E-state index < -0.39 is 28.0 Å². The highest BCUT2D eigenvalue weighted by molar-refractivity contribution is 7.85. The second-order valence-corrected chi connectivity index (χ2v) is 14.3. The van der Waals surface area contributed by atoms with Gasteiger partial charge in [-0.2, -0.15) is 8.42 Å². The van der Waals surface area contributed by atoms with Crippen LogP contribution in [0.1, 0.15) is 168 Å². The number of carbonyl (C=O) groups is 1. The Morgan fingerprint density at radius 2 is 1.02 bits per heavy atom. The standard InChI is InChI=1S/C40H71NO5S/c1-3-5-7-9-11-13-15-17-19-20-22-24-26-28-30-32-34-36-40(43)41-38(37-47(44,45)46)39(42)35-33-31-29-27-25-23-21-18-16-14-12-10-8-6-4-2/h5,7,11,13,17,19,22,24,33,35,38-39,42H,3-4,6,8-10,12,14-16,18,20-21,23,25-32,34,36-37H2,1-2H3,(H,41,43)(H,44,45,46)/b7-5-,13-11-,19-17-,24-22-,35-33+. The van der Waals surface area contributed by atoms with Gasteiger partial charge in [0.05, 0.1) is 17.9 Å². The molecule has 0 saturated carbocycles. The van der Waals surface area contributed by atoms with Crippen molar-refractivity contribution < 1.29 is 22.9 Å². The minimum Gasteiger partial charge on any atom is -0.387 e. The van der Waals surface area contributed by atoms with Gasteiger partial charge >= 0.3 is 0 Å². The average molecular weight is 678 g/mol. The second kappa shape index (κ2) is 33.9. The molecule has 2 atom stereocenters. The van der Waals surface area contributed by atoms with Crippen LogP contribution in [0.15, 0.2) is 60.8 Å². The SMILES string of the molecule is CC/C=C\C/C=C\C/C=C\C/C=C\CCCCCCC(=O)NC(CS(=O)(=O)O)C(O)/C=C/CCCCCCCCCCCCCCC. The average Bonchev–Trinajstić information content (AvgIpc) is 3.03. The zero-order valence-corrected chi connectivity index (χ0v) is 30.9. The summed E-state index contributed by atoms with van der Waals surface area (Å²) in [6.45, 7) is 4.39. The highest BCUT2D eigenvalue weighted by atomic mass is 32.2. The summed E-state index contributed by atoms with van der Waals surface area (Å²) in [7, 11) is -4.35. The van der Waals surface area contributed by atoms with E-state index in [-0.39, 0.29) is 12.3 Å². The van der Waals surface area contributed by atoms with E-state index in [0.29, 0.717) is 6.42 Å². The van der Waals surface area contributed by atoms with Gasteiger partial charge in [0, 0.05) is 6.42 Å². The van der Waals surface area contributed by atoms with E-state index in [2.05, 4.69) is 67.8 Å². The molecule has 0 aromatic rings. The molecule has 0 aliphatic carbocycles. The first-order valence-electron chi connectivity index (χ1n) is 19.0. The maximum atomic E-state index is 12.5. The van der Waals surface area contributed by atoms with Crippen LogP contribution in [0.3, 0.4) is 0 Å². The van der Waals surface area contributed by atoms with E-state index in [4.69, 9.17) is 0 Å². The number of hydrogen-bond acceptors (Lipinski definition) is 4. The van der Waals surface area contributed by atoms with Crippen LogP contribution < -0.4 is 5.32 Å². The van der Waals surface area contributed by atoms with Gasteiger partial charge in [-0.1, -0.05) is 164 Å². The first-order valence-corrected chi connectivity index (χ1v) is 20.6. The van der Waals surface area contributed by atoms with Crippen LogP contribution in [0.2, 0.25) is 0 Å². The topological polar surface area (TPSA) is 104 Å². The van der Waals surface area contributed by atoms with Crippen molar-refractivity contribution in [1.82, 2.24) is 5.32 Å². The van der Waals surface area contributed by atoms with Crippen LogP contribution in [-0.4, -0.2) is 41.9 Å². The van der Waals surface area contributed by atoms with E-state index in [9.17, 15) is 22.9 Å². The Hall–Kier alpha value is -1.96. The smallest absolute Gasteiger partial charge is 0.267 e. The summed E-state index contributed by atoms with van der Waals surface area (Å²) in [6.07, 6.45) is 46.2. The normalized spacial score (nSPS) is 14.0. The number of aliphatic hydroxyl groups is 1. The zero-order valence-electron chi connectivity index (χ0n) is 30.1. The summed E-state index contributed by atoms with van der Waals surface area (Å²) < 4.78 is 32.4. The highest BCUT2D eigenvalue weighted by Gasteiger charge is 2.24. The predicted octanol–water partition coefficient (Wildman–Crippen LogP) is 10.9. The van der Waals surface area contributed by atoms with Crippen LogP contribution in [-0.2, 0) is 14.9 Å². The summed E-state index contributed by atoms with van der Waals surface area (Å²) in [5, 5.41) is 13.2. The predicted molar refractivity (Wildman–Crippen MR) is 202 cm³/mol. The molecule has 0 rings (SSSR count). The molecule has 0 saturated heterocycles. The fourth-order valence-electron chi connectivity index (χ4n) is 5.38. The number of carbonyl (C=O) groups excluding carboxylic acids is 1. The lowest BCUT2D eigenvalue weighted by atomic mass is 10.0. The Balaban J connectivity index is 4.04. The van der Waals surface area contributed by atoms with Gasteiger partial charge in [0.25, 0.3) is 10.1 Å². The zero-order chi connectivity index (χ0) is 34.7. The minimum absolute atomic E-state index is 0.265. The number of allylic oxidation sites excluding steroid dienone is 9. The quantitative estimate of drug-likeness (QED) is 0.0364. The lowest BCUT2D eigenvalue weighted by Gasteiger charge is -2.21. The van der Waals surface area contributed by atoms with Gasteiger partial charge < -0.3 is 10.4 Å².